The second-order valence-corrected chi connectivity index (χ2v) is 2.14. The molecule has 0 aromatic heterocycles. The second kappa shape index (κ2) is 6.97. The Bertz CT molecular complexity index is 153. The number of carboxylic acid groups (broad SMARTS) is 1. The van der Waals surface area contributed by atoms with E-state index in [-0.39, 0.29) is 41.2 Å². The number of hydrogen-bond acceptors (Lipinski definition) is 3. The summed E-state index contributed by atoms with van der Waals surface area (Å²) in [5.41, 5.74) is 0. The molecule has 0 heterocycles. The maximum absolute atomic E-state index is 10.3. The molecule has 2 N–H and O–H groups in total. The predicted octanol–water partition coefficient (Wildman–Crippen LogP) is -1.14. The minimum atomic E-state index is -1.06. The van der Waals surface area contributed by atoms with Crippen LogP contribution >= 0.6 is 12.6 Å². The Morgan fingerprint density at radius 1 is 1.64 bits per heavy atom. The van der Waals surface area contributed by atoms with Crippen LogP contribution < -0.4 is 5.32 Å². The summed E-state index contributed by atoms with van der Waals surface area (Å²) in [4.78, 5) is 20.5. The molecule has 0 bridgehead atoms. The molecule has 11 heavy (non-hydrogen) atoms. The summed E-state index contributed by atoms with van der Waals surface area (Å²) in [5, 5.41) is 10.6. The van der Waals surface area contributed by atoms with Crippen molar-refractivity contribution in [3.05, 3.63) is 0 Å². The topological polar surface area (TPSA) is 66.4 Å². The van der Waals surface area contributed by atoms with Crippen molar-refractivity contribution < 1.29 is 14.7 Å². The van der Waals surface area contributed by atoms with E-state index in [1.54, 1.807) is 0 Å². The number of nitrogens with one attached hydrogen (secondary N) is 1. The van der Waals surface area contributed by atoms with Crippen molar-refractivity contribution in [2.45, 2.75) is 13.0 Å². The summed E-state index contributed by atoms with van der Waals surface area (Å²) in [6.07, 6.45) is 0. The van der Waals surface area contributed by atoms with E-state index in [0.29, 0.717) is 0 Å². The van der Waals surface area contributed by atoms with Crippen LogP contribution in [0.3, 0.4) is 0 Å². The normalized spacial score (nSPS) is 11.1. The monoisotopic (exact) mass is 187 g/mol. The molecule has 60 valence electrons. The summed E-state index contributed by atoms with van der Waals surface area (Å²) in [7, 11) is 0. The number of carboxylic acids is 1. The zero-order chi connectivity index (χ0) is 8.15. The molecule has 4 nitrogen and oxygen atoms in total. The SMILES string of the molecule is CC(=O)NC(CS)C(=O)O.[NaH]. The quantitative estimate of drug-likeness (QED) is 0.386. The van der Waals surface area contributed by atoms with Crippen molar-refractivity contribution >= 4 is 54.1 Å². The number of rotatable bonds is 3. The van der Waals surface area contributed by atoms with Gasteiger partial charge in [-0.3, -0.25) is 4.79 Å². The van der Waals surface area contributed by atoms with Crippen LogP contribution in [0.4, 0.5) is 0 Å². The van der Waals surface area contributed by atoms with Crippen molar-refractivity contribution in [3.8, 4) is 0 Å². The van der Waals surface area contributed by atoms with Gasteiger partial charge < -0.3 is 10.4 Å². The Morgan fingerprint density at radius 3 is 2.18 bits per heavy atom. The van der Waals surface area contributed by atoms with Gasteiger partial charge in [0.05, 0.1) is 0 Å². The Hall–Kier alpha value is 0.290. The minimum absolute atomic E-state index is 0. The fourth-order valence-corrected chi connectivity index (χ4v) is 0.678. The Labute approximate surface area is 92.4 Å². The molecular formula is C5H10NNaO3S. The molecule has 1 unspecified atom stereocenters. The van der Waals surface area contributed by atoms with Crippen molar-refractivity contribution in [2.75, 3.05) is 5.75 Å². The van der Waals surface area contributed by atoms with Crippen LogP contribution in [0.5, 0.6) is 0 Å². The van der Waals surface area contributed by atoms with E-state index in [2.05, 4.69) is 17.9 Å². The fraction of sp³-hybridized carbons (Fsp3) is 0.600. The molecule has 0 fully saturated rings. The molecule has 6 heteroatoms. The second-order valence-electron chi connectivity index (χ2n) is 1.77. The van der Waals surface area contributed by atoms with Gasteiger partial charge in [-0.05, 0) is 0 Å². The Kier molecular flexibility index (Phi) is 8.77. The summed E-state index contributed by atoms with van der Waals surface area (Å²) in [5.74, 6) is -1.32. The number of carbonyl (C=O) groups excluding carboxylic acids is 1. The number of hydrogen-bond donors (Lipinski definition) is 3. The molecule has 1 atom stereocenters. The van der Waals surface area contributed by atoms with Crippen molar-refractivity contribution in [3.63, 3.8) is 0 Å². The van der Waals surface area contributed by atoms with Crippen LogP contribution in [0, 0.1) is 0 Å². The fourth-order valence-electron chi connectivity index (χ4n) is 0.431. The van der Waals surface area contributed by atoms with Crippen molar-refractivity contribution in [2.24, 2.45) is 0 Å². The molecule has 0 saturated heterocycles. The number of thiol groups is 1. The van der Waals surface area contributed by atoms with E-state index in [1.165, 1.54) is 6.92 Å². The first-order valence-corrected chi connectivity index (χ1v) is 3.32. The third-order valence-corrected chi connectivity index (χ3v) is 1.22. The van der Waals surface area contributed by atoms with Crippen LogP contribution in [0.1, 0.15) is 6.92 Å². The van der Waals surface area contributed by atoms with Gasteiger partial charge in [0.2, 0.25) is 5.91 Å². The summed E-state index contributed by atoms with van der Waals surface area (Å²) >= 11 is 3.73. The van der Waals surface area contributed by atoms with Gasteiger partial charge in [0, 0.05) is 12.7 Å². The summed E-state index contributed by atoms with van der Waals surface area (Å²) < 4.78 is 0. The average molecular weight is 187 g/mol. The van der Waals surface area contributed by atoms with E-state index < -0.39 is 12.0 Å². The zero-order valence-corrected chi connectivity index (χ0v) is 6.39. The van der Waals surface area contributed by atoms with Gasteiger partial charge in [-0.25, -0.2) is 4.79 Å². The summed E-state index contributed by atoms with van der Waals surface area (Å²) in [6.45, 7) is 1.26. The van der Waals surface area contributed by atoms with Crippen LogP contribution in [0.25, 0.3) is 0 Å². The number of aliphatic carboxylic acids is 1. The zero-order valence-electron chi connectivity index (χ0n) is 5.50. The van der Waals surface area contributed by atoms with Crippen LogP contribution in [-0.2, 0) is 9.59 Å². The van der Waals surface area contributed by atoms with Crippen LogP contribution in [0.15, 0.2) is 0 Å². The average Bonchev–Trinajstić information content (AvgIpc) is 1.81. The molecule has 0 spiro atoms. The third-order valence-electron chi connectivity index (χ3n) is 0.858. The molecular weight excluding hydrogens is 177 g/mol. The van der Waals surface area contributed by atoms with E-state index in [0.717, 1.165) is 0 Å². The van der Waals surface area contributed by atoms with E-state index in [9.17, 15) is 9.59 Å². The van der Waals surface area contributed by atoms with E-state index >= 15 is 0 Å². The molecule has 1 amide bonds. The van der Waals surface area contributed by atoms with E-state index in [1.807, 2.05) is 0 Å². The first-order valence-electron chi connectivity index (χ1n) is 2.68. The molecule has 0 aromatic rings. The Balaban J connectivity index is 0. The molecule has 0 aliphatic carbocycles. The molecule has 0 aliphatic rings. The maximum atomic E-state index is 10.3. The van der Waals surface area contributed by atoms with Gasteiger partial charge >= 0.3 is 35.5 Å². The Morgan fingerprint density at radius 2 is 2.09 bits per heavy atom. The van der Waals surface area contributed by atoms with Crippen LogP contribution in [-0.4, -0.2) is 58.3 Å². The summed E-state index contributed by atoms with van der Waals surface area (Å²) in [6, 6.07) is -0.874. The van der Waals surface area contributed by atoms with Gasteiger partial charge in [-0.2, -0.15) is 12.6 Å². The molecule has 0 saturated carbocycles. The molecule has 0 aromatic carbocycles. The third kappa shape index (κ3) is 6.68. The van der Waals surface area contributed by atoms with Gasteiger partial charge in [-0.15, -0.1) is 0 Å². The van der Waals surface area contributed by atoms with Crippen LogP contribution in [0.2, 0.25) is 0 Å². The predicted molar refractivity (Wildman–Crippen MR) is 46.2 cm³/mol. The number of amides is 1. The molecule has 0 radical (unpaired) electrons. The molecule has 0 aliphatic heterocycles. The molecule has 0 rings (SSSR count). The van der Waals surface area contributed by atoms with Gasteiger partial charge in [0.25, 0.3) is 0 Å². The first-order chi connectivity index (χ1) is 4.57. The standard InChI is InChI=1S/C5H9NO3S.Na.H/c1-3(7)6-4(2-10)5(8)9;;/h4,10H,2H2,1H3,(H,6,7)(H,8,9);;. The van der Waals surface area contributed by atoms with Gasteiger partial charge in [-0.1, -0.05) is 0 Å². The first kappa shape index (κ1) is 13.9. The van der Waals surface area contributed by atoms with Gasteiger partial charge in [0.1, 0.15) is 6.04 Å². The van der Waals surface area contributed by atoms with Crippen molar-refractivity contribution in [1.82, 2.24) is 5.32 Å². The van der Waals surface area contributed by atoms with Crippen molar-refractivity contribution in [1.29, 1.82) is 0 Å². The van der Waals surface area contributed by atoms with E-state index in [4.69, 9.17) is 5.11 Å². The van der Waals surface area contributed by atoms with Gasteiger partial charge in [0.15, 0.2) is 0 Å². The number of carbonyl (C=O) groups is 2.